The molecule has 2 aromatic carbocycles. The van der Waals surface area contributed by atoms with Gasteiger partial charge in [0.05, 0.1) is 11.7 Å². The first kappa shape index (κ1) is 18.7. The summed E-state index contributed by atoms with van der Waals surface area (Å²) in [6.07, 6.45) is 3.12. The predicted octanol–water partition coefficient (Wildman–Crippen LogP) is 4.48. The highest BCUT2D eigenvalue weighted by molar-refractivity contribution is 6.12. The molecule has 1 aliphatic rings. The van der Waals surface area contributed by atoms with Gasteiger partial charge < -0.3 is 9.94 Å². The zero-order valence-corrected chi connectivity index (χ0v) is 15.9. The van der Waals surface area contributed by atoms with Crippen molar-refractivity contribution >= 4 is 11.5 Å². The van der Waals surface area contributed by atoms with Crippen LogP contribution in [-0.4, -0.2) is 22.9 Å². The summed E-state index contributed by atoms with van der Waals surface area (Å²) in [4.78, 5) is 4.55. The minimum Gasteiger partial charge on any atom is -0.490 e. The van der Waals surface area contributed by atoms with Gasteiger partial charge in [-0.3, -0.25) is 0 Å². The van der Waals surface area contributed by atoms with E-state index in [4.69, 9.17) is 4.74 Å². The van der Waals surface area contributed by atoms with Crippen LogP contribution >= 0.6 is 0 Å². The van der Waals surface area contributed by atoms with Gasteiger partial charge in [0.25, 0.3) is 0 Å². The average molecular weight is 361 g/mol. The molecule has 5 heteroatoms. The van der Waals surface area contributed by atoms with Crippen LogP contribution in [0.25, 0.3) is 0 Å². The second-order valence-electron chi connectivity index (χ2n) is 6.91. The van der Waals surface area contributed by atoms with Crippen LogP contribution in [-0.2, 0) is 12.8 Å². The van der Waals surface area contributed by atoms with E-state index in [1.807, 2.05) is 39.0 Å². The van der Waals surface area contributed by atoms with E-state index in [0.29, 0.717) is 22.9 Å². The van der Waals surface area contributed by atoms with Crippen LogP contribution in [0, 0.1) is 11.3 Å². The van der Waals surface area contributed by atoms with Gasteiger partial charge in [-0.15, -0.1) is 0 Å². The molecule has 0 amide bonds. The highest BCUT2D eigenvalue weighted by atomic mass is 16.5. The highest BCUT2D eigenvalue weighted by Crippen LogP contribution is 2.26. The van der Waals surface area contributed by atoms with Crippen LogP contribution in [0.1, 0.15) is 55.0 Å². The summed E-state index contributed by atoms with van der Waals surface area (Å²) in [5, 5.41) is 22.4. The Morgan fingerprint density at radius 3 is 2.74 bits per heavy atom. The lowest BCUT2D eigenvalue weighted by atomic mass is 10.0. The van der Waals surface area contributed by atoms with E-state index in [1.54, 1.807) is 12.1 Å². The lowest BCUT2D eigenvalue weighted by Crippen LogP contribution is -2.09. The molecule has 0 saturated heterocycles. The summed E-state index contributed by atoms with van der Waals surface area (Å²) in [5.41, 5.74) is 5.29. The van der Waals surface area contributed by atoms with Crippen molar-refractivity contribution in [2.45, 2.75) is 46.1 Å². The standard InChI is InChI=1S/C22H23N3O2/c1-14(2)27-21-11-10-17(12-18(21)13-23)15(3)24-22(25-26)20-9-5-7-16-6-4-8-19(16)20/h5,7,9-12,14,26H,4,6,8H2,1-3H3/b24-15+,25-22-. The number of aliphatic imine (C=N–C) groups is 1. The zero-order chi connectivity index (χ0) is 19.4. The number of rotatable bonds is 4. The molecule has 0 unspecified atom stereocenters. The quantitative estimate of drug-likeness (QED) is 0.377. The summed E-state index contributed by atoms with van der Waals surface area (Å²) < 4.78 is 5.67. The Kier molecular flexibility index (Phi) is 5.56. The van der Waals surface area contributed by atoms with Gasteiger partial charge >= 0.3 is 0 Å². The van der Waals surface area contributed by atoms with Crippen molar-refractivity contribution in [1.29, 1.82) is 5.26 Å². The number of ether oxygens (including phenoxy) is 1. The molecule has 1 aliphatic carbocycles. The van der Waals surface area contributed by atoms with Crippen molar-refractivity contribution in [3.8, 4) is 11.8 Å². The molecule has 138 valence electrons. The molecule has 0 aromatic heterocycles. The number of hydrogen-bond donors (Lipinski definition) is 1. The number of hydrogen-bond acceptors (Lipinski definition) is 4. The van der Waals surface area contributed by atoms with E-state index in [9.17, 15) is 10.5 Å². The maximum atomic E-state index is 9.56. The smallest absolute Gasteiger partial charge is 0.198 e. The van der Waals surface area contributed by atoms with Gasteiger partial charge in [0.1, 0.15) is 11.8 Å². The van der Waals surface area contributed by atoms with Gasteiger partial charge in [-0.25, -0.2) is 4.99 Å². The van der Waals surface area contributed by atoms with Gasteiger partial charge in [-0.05, 0) is 74.9 Å². The Hall–Kier alpha value is -3.13. The first-order chi connectivity index (χ1) is 13.0. The molecule has 0 atom stereocenters. The molecule has 0 fully saturated rings. The summed E-state index contributed by atoms with van der Waals surface area (Å²) in [6.45, 7) is 5.68. The number of nitriles is 1. The molecule has 0 heterocycles. The summed E-state index contributed by atoms with van der Waals surface area (Å²) in [5.74, 6) is 0.855. The number of benzene rings is 2. The fraction of sp³-hybridized carbons (Fsp3) is 0.318. The third kappa shape index (κ3) is 4.01. The van der Waals surface area contributed by atoms with Crippen molar-refractivity contribution in [3.05, 3.63) is 64.2 Å². The van der Waals surface area contributed by atoms with Crippen LogP contribution in [0.2, 0.25) is 0 Å². The number of fused-ring (bicyclic) bond motifs is 1. The maximum Gasteiger partial charge on any atom is 0.198 e. The van der Waals surface area contributed by atoms with E-state index in [0.717, 1.165) is 30.4 Å². The number of aryl methyl sites for hydroxylation is 1. The lowest BCUT2D eigenvalue weighted by Gasteiger charge is -2.12. The van der Waals surface area contributed by atoms with Crippen LogP contribution in [0.5, 0.6) is 5.75 Å². The lowest BCUT2D eigenvalue weighted by molar-refractivity contribution is 0.241. The Bertz CT molecular complexity index is 953. The molecule has 1 N–H and O–H groups in total. The third-order valence-electron chi connectivity index (χ3n) is 4.64. The second kappa shape index (κ2) is 8.05. The Balaban J connectivity index is 1.95. The fourth-order valence-corrected chi connectivity index (χ4v) is 3.39. The van der Waals surface area contributed by atoms with Crippen molar-refractivity contribution in [2.75, 3.05) is 0 Å². The minimum atomic E-state index is -0.00832. The van der Waals surface area contributed by atoms with Gasteiger partial charge in [-0.2, -0.15) is 5.26 Å². The van der Waals surface area contributed by atoms with E-state index < -0.39 is 0 Å². The summed E-state index contributed by atoms with van der Waals surface area (Å²) in [7, 11) is 0. The molecule has 3 rings (SSSR count). The molecule has 0 aliphatic heterocycles. The van der Waals surface area contributed by atoms with Gasteiger partial charge in [-0.1, -0.05) is 23.4 Å². The van der Waals surface area contributed by atoms with Crippen molar-refractivity contribution in [3.63, 3.8) is 0 Å². The fourth-order valence-electron chi connectivity index (χ4n) is 3.39. The summed E-state index contributed by atoms with van der Waals surface area (Å²) in [6, 6.07) is 13.6. The van der Waals surface area contributed by atoms with E-state index in [-0.39, 0.29) is 6.10 Å². The molecular weight excluding hydrogens is 338 g/mol. The second-order valence-corrected chi connectivity index (χ2v) is 6.91. The Morgan fingerprint density at radius 2 is 2.04 bits per heavy atom. The van der Waals surface area contributed by atoms with Crippen LogP contribution in [0.15, 0.2) is 46.5 Å². The molecule has 5 nitrogen and oxygen atoms in total. The first-order valence-corrected chi connectivity index (χ1v) is 9.13. The molecule has 0 radical (unpaired) electrons. The van der Waals surface area contributed by atoms with Crippen LogP contribution in [0.3, 0.4) is 0 Å². The number of oxime groups is 1. The van der Waals surface area contributed by atoms with E-state index >= 15 is 0 Å². The van der Waals surface area contributed by atoms with Crippen molar-refractivity contribution in [1.82, 2.24) is 0 Å². The van der Waals surface area contributed by atoms with E-state index in [2.05, 4.69) is 22.3 Å². The van der Waals surface area contributed by atoms with Crippen LogP contribution < -0.4 is 4.74 Å². The Morgan fingerprint density at radius 1 is 1.22 bits per heavy atom. The predicted molar refractivity (Wildman–Crippen MR) is 106 cm³/mol. The van der Waals surface area contributed by atoms with Gasteiger partial charge in [0, 0.05) is 11.3 Å². The van der Waals surface area contributed by atoms with Gasteiger partial charge in [0.2, 0.25) is 0 Å². The van der Waals surface area contributed by atoms with Gasteiger partial charge in [0.15, 0.2) is 5.84 Å². The van der Waals surface area contributed by atoms with Crippen LogP contribution in [0.4, 0.5) is 0 Å². The van der Waals surface area contributed by atoms with Crippen molar-refractivity contribution < 1.29 is 9.94 Å². The molecule has 27 heavy (non-hydrogen) atoms. The molecule has 2 aromatic rings. The molecule has 0 spiro atoms. The maximum absolute atomic E-state index is 9.56. The normalized spacial score (nSPS) is 14.2. The zero-order valence-electron chi connectivity index (χ0n) is 15.9. The largest absolute Gasteiger partial charge is 0.490 e. The Labute approximate surface area is 159 Å². The topological polar surface area (TPSA) is 78.0 Å². The minimum absolute atomic E-state index is 0.00832. The highest BCUT2D eigenvalue weighted by Gasteiger charge is 2.18. The molecular formula is C22H23N3O2. The number of amidine groups is 1. The number of nitrogens with zero attached hydrogens (tertiary/aromatic N) is 3. The monoisotopic (exact) mass is 361 g/mol. The molecule has 0 bridgehead atoms. The molecule has 0 saturated carbocycles. The van der Waals surface area contributed by atoms with Crippen molar-refractivity contribution in [2.24, 2.45) is 10.1 Å². The van der Waals surface area contributed by atoms with E-state index in [1.165, 1.54) is 11.1 Å². The third-order valence-corrected chi connectivity index (χ3v) is 4.64. The SMILES string of the molecule is C/C(=N\C(=N/O)c1cccc2c1CCC2)c1ccc(OC(C)C)c(C#N)c1. The average Bonchev–Trinajstić information content (AvgIpc) is 3.14. The first-order valence-electron chi connectivity index (χ1n) is 9.13. The summed E-state index contributed by atoms with van der Waals surface area (Å²) >= 11 is 0.